The number of nitrogens with zero attached hydrogens (tertiary/aromatic N) is 2. The first kappa shape index (κ1) is 14.1. The molecule has 1 heterocycles. The molecule has 0 aliphatic heterocycles. The molecule has 0 radical (unpaired) electrons. The third-order valence-corrected chi connectivity index (χ3v) is 4.61. The van der Waals surface area contributed by atoms with E-state index in [4.69, 9.17) is 0 Å². The minimum atomic E-state index is -0.947. The molecule has 0 saturated heterocycles. The van der Waals surface area contributed by atoms with Crippen molar-refractivity contribution in [3.05, 3.63) is 30.1 Å². The molecule has 5 nitrogen and oxygen atoms in total. The summed E-state index contributed by atoms with van der Waals surface area (Å²) in [5, 5.41) is 18.7. The Balaban J connectivity index is 1.91. The highest BCUT2D eigenvalue weighted by Crippen LogP contribution is 2.31. The first-order valence-electron chi connectivity index (χ1n) is 7.48. The van der Waals surface area contributed by atoms with Gasteiger partial charge in [0.05, 0.1) is 17.4 Å². The van der Waals surface area contributed by atoms with Crippen LogP contribution in [0.1, 0.15) is 36.0 Å². The fourth-order valence-corrected chi connectivity index (χ4v) is 3.42. The van der Waals surface area contributed by atoms with Gasteiger partial charge in [0.1, 0.15) is 5.52 Å². The van der Waals surface area contributed by atoms with E-state index >= 15 is 0 Å². The van der Waals surface area contributed by atoms with Crippen molar-refractivity contribution >= 4 is 17.0 Å². The lowest BCUT2D eigenvalue weighted by Gasteiger charge is -2.30. The number of hydrogen-bond acceptors (Lipinski definition) is 3. The van der Waals surface area contributed by atoms with Crippen LogP contribution in [0.25, 0.3) is 11.0 Å². The molecule has 2 aromatic rings. The summed E-state index contributed by atoms with van der Waals surface area (Å²) in [6.07, 6.45) is 6.31. The minimum absolute atomic E-state index is 0.234. The zero-order valence-corrected chi connectivity index (χ0v) is 11.9. The standard InChI is InChI=1S/C16H20N2O3/c19-9-12-5-2-1-4-11(12)8-18-10-17-15-13(16(20)21)6-3-7-14(15)18/h3,6-7,10-12,19H,1-2,4-5,8-9H2,(H,20,21). The van der Waals surface area contributed by atoms with Crippen LogP contribution in [-0.2, 0) is 6.54 Å². The van der Waals surface area contributed by atoms with E-state index in [9.17, 15) is 15.0 Å². The van der Waals surface area contributed by atoms with Crippen molar-refractivity contribution in [3.63, 3.8) is 0 Å². The smallest absolute Gasteiger partial charge is 0.337 e. The number of benzene rings is 1. The maximum Gasteiger partial charge on any atom is 0.337 e. The van der Waals surface area contributed by atoms with Crippen molar-refractivity contribution in [2.75, 3.05) is 6.61 Å². The molecule has 1 saturated carbocycles. The molecule has 21 heavy (non-hydrogen) atoms. The summed E-state index contributed by atoms with van der Waals surface area (Å²) >= 11 is 0. The van der Waals surface area contributed by atoms with Gasteiger partial charge in [-0.05, 0) is 36.8 Å². The van der Waals surface area contributed by atoms with Gasteiger partial charge in [0.15, 0.2) is 0 Å². The largest absolute Gasteiger partial charge is 0.478 e. The number of aliphatic hydroxyl groups excluding tert-OH is 1. The zero-order chi connectivity index (χ0) is 14.8. The van der Waals surface area contributed by atoms with E-state index in [0.29, 0.717) is 17.4 Å². The van der Waals surface area contributed by atoms with Crippen molar-refractivity contribution in [2.45, 2.75) is 32.2 Å². The summed E-state index contributed by atoms with van der Waals surface area (Å²) in [7, 11) is 0. The highest BCUT2D eigenvalue weighted by Gasteiger charge is 2.25. The van der Waals surface area contributed by atoms with Crippen LogP contribution in [0.3, 0.4) is 0 Å². The fraction of sp³-hybridized carbons (Fsp3) is 0.500. The van der Waals surface area contributed by atoms with Gasteiger partial charge in [-0.25, -0.2) is 9.78 Å². The molecule has 5 heteroatoms. The van der Waals surface area contributed by atoms with E-state index in [1.807, 2.05) is 10.6 Å². The van der Waals surface area contributed by atoms with Crippen LogP contribution < -0.4 is 0 Å². The second-order valence-electron chi connectivity index (χ2n) is 5.86. The number of rotatable bonds is 4. The number of carbonyl (C=O) groups is 1. The summed E-state index contributed by atoms with van der Waals surface area (Å²) in [6.45, 7) is 1.03. The predicted octanol–water partition coefficient (Wildman–Crippen LogP) is 2.53. The van der Waals surface area contributed by atoms with E-state index in [1.165, 1.54) is 12.8 Å². The van der Waals surface area contributed by atoms with Crippen LogP contribution in [0.15, 0.2) is 24.5 Å². The average molecular weight is 288 g/mol. The number of carboxylic acids is 1. The molecule has 0 amide bonds. The van der Waals surface area contributed by atoms with Crippen molar-refractivity contribution < 1.29 is 15.0 Å². The Labute approximate surface area is 123 Å². The van der Waals surface area contributed by atoms with E-state index in [2.05, 4.69) is 4.98 Å². The molecule has 2 unspecified atom stereocenters. The van der Waals surface area contributed by atoms with Gasteiger partial charge in [-0.3, -0.25) is 0 Å². The Morgan fingerprint density at radius 3 is 2.76 bits per heavy atom. The zero-order valence-electron chi connectivity index (χ0n) is 11.9. The van der Waals surface area contributed by atoms with E-state index in [1.54, 1.807) is 18.5 Å². The highest BCUT2D eigenvalue weighted by molar-refractivity contribution is 6.00. The van der Waals surface area contributed by atoms with Crippen LogP contribution in [0, 0.1) is 11.8 Å². The molecule has 0 bridgehead atoms. The molecule has 1 fully saturated rings. The minimum Gasteiger partial charge on any atom is -0.478 e. The number of aromatic nitrogens is 2. The molecule has 0 spiro atoms. The van der Waals surface area contributed by atoms with Gasteiger partial charge in [-0.2, -0.15) is 0 Å². The molecule has 1 aromatic heterocycles. The Morgan fingerprint density at radius 1 is 1.29 bits per heavy atom. The molecule has 112 valence electrons. The normalized spacial score (nSPS) is 22.5. The Bertz CT molecular complexity index is 650. The summed E-state index contributed by atoms with van der Waals surface area (Å²) in [6, 6.07) is 5.25. The fourth-order valence-electron chi connectivity index (χ4n) is 3.42. The Morgan fingerprint density at radius 2 is 2.05 bits per heavy atom. The van der Waals surface area contributed by atoms with Gasteiger partial charge in [0, 0.05) is 13.2 Å². The van der Waals surface area contributed by atoms with Gasteiger partial charge < -0.3 is 14.8 Å². The maximum absolute atomic E-state index is 11.2. The van der Waals surface area contributed by atoms with Crippen molar-refractivity contribution in [2.24, 2.45) is 11.8 Å². The lowest BCUT2D eigenvalue weighted by molar-refractivity contribution is 0.0699. The molecule has 2 N–H and O–H groups in total. The summed E-state index contributed by atoms with van der Waals surface area (Å²) in [4.78, 5) is 15.5. The first-order chi connectivity index (χ1) is 10.2. The number of aromatic carboxylic acids is 1. The quantitative estimate of drug-likeness (QED) is 0.906. The number of imidazole rings is 1. The van der Waals surface area contributed by atoms with Gasteiger partial charge in [-0.1, -0.05) is 18.9 Å². The van der Waals surface area contributed by atoms with Gasteiger partial charge >= 0.3 is 5.97 Å². The topological polar surface area (TPSA) is 75.3 Å². The second-order valence-corrected chi connectivity index (χ2v) is 5.86. The van der Waals surface area contributed by atoms with Crippen molar-refractivity contribution in [1.82, 2.24) is 9.55 Å². The van der Waals surface area contributed by atoms with Crippen molar-refractivity contribution in [1.29, 1.82) is 0 Å². The summed E-state index contributed by atoms with van der Waals surface area (Å²) < 4.78 is 2.03. The molecule has 1 aliphatic carbocycles. The van der Waals surface area contributed by atoms with Crippen LogP contribution in [0.2, 0.25) is 0 Å². The maximum atomic E-state index is 11.2. The first-order valence-corrected chi connectivity index (χ1v) is 7.48. The van der Waals surface area contributed by atoms with Crippen LogP contribution in [0.4, 0.5) is 0 Å². The monoisotopic (exact) mass is 288 g/mol. The number of fused-ring (bicyclic) bond motifs is 1. The van der Waals surface area contributed by atoms with Gasteiger partial charge in [0.2, 0.25) is 0 Å². The number of para-hydroxylation sites is 1. The van der Waals surface area contributed by atoms with Crippen LogP contribution >= 0.6 is 0 Å². The molecular formula is C16H20N2O3. The lowest BCUT2D eigenvalue weighted by Crippen LogP contribution is -2.26. The van der Waals surface area contributed by atoms with E-state index in [0.717, 1.165) is 24.9 Å². The van der Waals surface area contributed by atoms with Gasteiger partial charge in [0.25, 0.3) is 0 Å². The Kier molecular flexibility index (Phi) is 3.92. The molecule has 3 rings (SSSR count). The molecule has 1 aliphatic rings. The number of hydrogen-bond donors (Lipinski definition) is 2. The third-order valence-electron chi connectivity index (χ3n) is 4.61. The molecule has 2 atom stereocenters. The highest BCUT2D eigenvalue weighted by atomic mass is 16.4. The van der Waals surface area contributed by atoms with Crippen molar-refractivity contribution in [3.8, 4) is 0 Å². The average Bonchev–Trinajstić information content (AvgIpc) is 2.91. The third kappa shape index (κ3) is 2.65. The lowest BCUT2D eigenvalue weighted by atomic mass is 9.79. The summed E-state index contributed by atoms with van der Waals surface area (Å²) in [5.74, 6) is -0.162. The SMILES string of the molecule is O=C(O)c1cccc2c1ncn2CC1CCCCC1CO. The molecule has 1 aromatic carbocycles. The molecular weight excluding hydrogens is 268 g/mol. The van der Waals surface area contributed by atoms with Gasteiger partial charge in [-0.15, -0.1) is 0 Å². The number of aliphatic hydroxyl groups is 1. The van der Waals surface area contributed by atoms with E-state index < -0.39 is 5.97 Å². The predicted molar refractivity (Wildman–Crippen MR) is 79.2 cm³/mol. The second kappa shape index (κ2) is 5.85. The van der Waals surface area contributed by atoms with Crippen LogP contribution in [-0.4, -0.2) is 32.3 Å². The summed E-state index contributed by atoms with van der Waals surface area (Å²) in [5.41, 5.74) is 1.65. The Hall–Kier alpha value is -1.88. The van der Waals surface area contributed by atoms with E-state index in [-0.39, 0.29) is 12.2 Å². The number of carboxylic acid groups (broad SMARTS) is 1. The van der Waals surface area contributed by atoms with Crippen LogP contribution in [0.5, 0.6) is 0 Å².